The molecule has 134 valence electrons. The first-order valence-electron chi connectivity index (χ1n) is 7.76. The number of sulfonamides is 1. The van der Waals surface area contributed by atoms with Crippen molar-refractivity contribution in [2.24, 2.45) is 0 Å². The van der Waals surface area contributed by atoms with Gasteiger partial charge in [-0.2, -0.15) is 0 Å². The zero-order valence-electron chi connectivity index (χ0n) is 14.4. The van der Waals surface area contributed by atoms with Crippen LogP contribution in [0, 0.1) is 6.92 Å². The van der Waals surface area contributed by atoms with Gasteiger partial charge in [-0.05, 0) is 37.1 Å². The Labute approximate surface area is 153 Å². The van der Waals surface area contributed by atoms with Crippen LogP contribution in [-0.2, 0) is 14.8 Å². The lowest BCUT2D eigenvalue weighted by atomic mass is 10.1. The number of nitrogens with zero attached hydrogens (tertiary/aromatic N) is 1. The summed E-state index contributed by atoms with van der Waals surface area (Å²) in [5.41, 5.74) is 2.07. The molecule has 1 atom stereocenters. The first kappa shape index (κ1) is 19.3. The van der Waals surface area contributed by atoms with Crippen LogP contribution in [0.5, 0.6) is 0 Å². The lowest BCUT2D eigenvalue weighted by Gasteiger charge is -2.25. The molecule has 0 aliphatic heterocycles. The van der Waals surface area contributed by atoms with E-state index in [0.29, 0.717) is 10.7 Å². The number of anilines is 1. The number of carbonyl (C=O) groups excluding carboxylic acids is 1. The molecular formula is C18H21ClN2O3S. The average Bonchev–Trinajstić information content (AvgIpc) is 2.55. The first-order chi connectivity index (χ1) is 11.7. The average molecular weight is 381 g/mol. The molecule has 0 radical (unpaired) electrons. The highest BCUT2D eigenvalue weighted by Crippen LogP contribution is 2.26. The van der Waals surface area contributed by atoms with Gasteiger partial charge in [0.05, 0.1) is 18.0 Å². The molecule has 1 amide bonds. The Balaban J connectivity index is 2.20. The minimum atomic E-state index is -3.64. The Morgan fingerprint density at radius 2 is 1.84 bits per heavy atom. The van der Waals surface area contributed by atoms with E-state index in [9.17, 15) is 13.2 Å². The summed E-state index contributed by atoms with van der Waals surface area (Å²) < 4.78 is 25.4. The van der Waals surface area contributed by atoms with Gasteiger partial charge in [0, 0.05) is 5.02 Å². The van der Waals surface area contributed by atoms with E-state index in [-0.39, 0.29) is 18.5 Å². The van der Waals surface area contributed by atoms with Crippen LogP contribution in [0.15, 0.2) is 48.5 Å². The van der Waals surface area contributed by atoms with Crippen molar-refractivity contribution >= 4 is 33.2 Å². The van der Waals surface area contributed by atoms with E-state index in [2.05, 4.69) is 5.32 Å². The van der Waals surface area contributed by atoms with Crippen LogP contribution < -0.4 is 9.62 Å². The predicted octanol–water partition coefficient (Wildman–Crippen LogP) is 3.29. The molecule has 0 aliphatic carbocycles. The molecular weight excluding hydrogens is 360 g/mol. The zero-order chi connectivity index (χ0) is 18.6. The van der Waals surface area contributed by atoms with E-state index >= 15 is 0 Å². The lowest BCUT2D eigenvalue weighted by molar-refractivity contribution is -0.120. The molecule has 2 rings (SSSR count). The third-order valence-electron chi connectivity index (χ3n) is 3.80. The number of hydrogen-bond donors (Lipinski definition) is 1. The van der Waals surface area contributed by atoms with Gasteiger partial charge < -0.3 is 5.32 Å². The van der Waals surface area contributed by atoms with Crippen molar-refractivity contribution in [3.63, 3.8) is 0 Å². The summed E-state index contributed by atoms with van der Waals surface area (Å²) in [6.45, 7) is 3.31. The van der Waals surface area contributed by atoms with Crippen molar-refractivity contribution in [3.05, 3.63) is 64.7 Å². The fraction of sp³-hybridized carbons (Fsp3) is 0.278. The highest BCUT2D eigenvalue weighted by atomic mass is 35.5. The third-order valence-corrected chi connectivity index (χ3v) is 5.17. The maximum absolute atomic E-state index is 12.4. The molecule has 0 spiro atoms. The minimum absolute atomic E-state index is 0.226. The molecule has 2 aromatic rings. The van der Waals surface area contributed by atoms with Gasteiger partial charge in [0.25, 0.3) is 0 Å². The van der Waals surface area contributed by atoms with Crippen molar-refractivity contribution in [1.29, 1.82) is 0 Å². The molecule has 25 heavy (non-hydrogen) atoms. The minimum Gasteiger partial charge on any atom is -0.348 e. The van der Waals surface area contributed by atoms with Crippen molar-refractivity contribution in [1.82, 2.24) is 5.32 Å². The topological polar surface area (TPSA) is 66.5 Å². The van der Waals surface area contributed by atoms with Crippen LogP contribution in [0.3, 0.4) is 0 Å². The molecule has 1 N–H and O–H groups in total. The summed E-state index contributed by atoms with van der Waals surface area (Å²) in [4.78, 5) is 12.4. The number of carbonyl (C=O) groups is 1. The monoisotopic (exact) mass is 380 g/mol. The Hall–Kier alpha value is -2.05. The molecule has 0 heterocycles. The number of amides is 1. The molecule has 0 aromatic heterocycles. The van der Waals surface area contributed by atoms with Crippen LogP contribution in [0.2, 0.25) is 5.02 Å². The SMILES string of the molecule is Cc1ccc(Cl)cc1N(CC(=O)N[C@@H](C)c1ccccc1)S(C)(=O)=O. The molecule has 0 saturated carbocycles. The van der Waals surface area contributed by atoms with E-state index in [1.807, 2.05) is 37.3 Å². The van der Waals surface area contributed by atoms with Crippen molar-refractivity contribution in [3.8, 4) is 0 Å². The molecule has 0 saturated heterocycles. The second-order valence-electron chi connectivity index (χ2n) is 5.90. The quantitative estimate of drug-likeness (QED) is 0.836. The summed E-state index contributed by atoms with van der Waals surface area (Å²) in [5, 5.41) is 3.23. The summed E-state index contributed by atoms with van der Waals surface area (Å²) in [5.74, 6) is -0.388. The molecule has 0 bridgehead atoms. The molecule has 0 fully saturated rings. The zero-order valence-corrected chi connectivity index (χ0v) is 15.9. The van der Waals surface area contributed by atoms with Gasteiger partial charge in [0.1, 0.15) is 6.54 Å². The van der Waals surface area contributed by atoms with Crippen LogP contribution >= 0.6 is 11.6 Å². The third kappa shape index (κ3) is 5.21. The fourth-order valence-electron chi connectivity index (χ4n) is 2.47. The Kier molecular flexibility index (Phi) is 6.08. The van der Waals surface area contributed by atoms with E-state index in [4.69, 9.17) is 11.6 Å². The van der Waals surface area contributed by atoms with Crippen LogP contribution in [-0.4, -0.2) is 27.1 Å². The van der Waals surface area contributed by atoms with Gasteiger partial charge in [0.2, 0.25) is 15.9 Å². The van der Waals surface area contributed by atoms with Gasteiger partial charge in [-0.25, -0.2) is 8.42 Å². The summed E-state index contributed by atoms with van der Waals surface area (Å²) >= 11 is 5.99. The van der Waals surface area contributed by atoms with Gasteiger partial charge in [-0.3, -0.25) is 9.10 Å². The van der Waals surface area contributed by atoms with E-state index in [1.165, 1.54) is 0 Å². The number of rotatable bonds is 6. The first-order valence-corrected chi connectivity index (χ1v) is 9.99. The normalized spacial score (nSPS) is 12.5. The van der Waals surface area contributed by atoms with Gasteiger partial charge in [-0.15, -0.1) is 0 Å². The predicted molar refractivity (Wildman–Crippen MR) is 101 cm³/mol. The Morgan fingerprint density at radius 3 is 2.44 bits per heavy atom. The van der Waals surface area contributed by atoms with Crippen LogP contribution in [0.1, 0.15) is 24.1 Å². The van der Waals surface area contributed by atoms with Crippen LogP contribution in [0.4, 0.5) is 5.69 Å². The van der Waals surface area contributed by atoms with E-state index in [1.54, 1.807) is 25.1 Å². The number of halogens is 1. The standard InChI is InChI=1S/C18H21ClN2O3S/c1-13-9-10-16(19)11-17(13)21(25(3,23)24)12-18(22)20-14(2)15-7-5-4-6-8-15/h4-11,14H,12H2,1-3H3,(H,20,22)/t14-/m0/s1. The van der Waals surface area contributed by atoms with Gasteiger partial charge >= 0.3 is 0 Å². The maximum atomic E-state index is 12.4. The number of benzene rings is 2. The van der Waals surface area contributed by atoms with Gasteiger partial charge in [-0.1, -0.05) is 48.0 Å². The Morgan fingerprint density at radius 1 is 1.20 bits per heavy atom. The second-order valence-corrected chi connectivity index (χ2v) is 8.24. The molecule has 5 nitrogen and oxygen atoms in total. The van der Waals surface area contributed by atoms with E-state index < -0.39 is 10.0 Å². The summed E-state index contributed by atoms with van der Waals surface area (Å²) in [6, 6.07) is 14.2. The summed E-state index contributed by atoms with van der Waals surface area (Å²) in [7, 11) is -3.64. The van der Waals surface area contributed by atoms with E-state index in [0.717, 1.165) is 21.7 Å². The smallest absolute Gasteiger partial charge is 0.241 e. The second kappa shape index (κ2) is 7.89. The fourth-order valence-corrected chi connectivity index (χ4v) is 3.55. The summed E-state index contributed by atoms with van der Waals surface area (Å²) in [6.07, 6.45) is 1.07. The highest BCUT2D eigenvalue weighted by molar-refractivity contribution is 7.92. The van der Waals surface area contributed by atoms with Gasteiger partial charge in [0.15, 0.2) is 0 Å². The molecule has 0 unspecified atom stereocenters. The molecule has 2 aromatic carbocycles. The number of nitrogens with one attached hydrogen (secondary N) is 1. The van der Waals surface area contributed by atoms with Crippen molar-refractivity contribution in [2.75, 3.05) is 17.1 Å². The molecule has 7 heteroatoms. The van der Waals surface area contributed by atoms with Crippen molar-refractivity contribution in [2.45, 2.75) is 19.9 Å². The molecule has 0 aliphatic rings. The van der Waals surface area contributed by atoms with Crippen LogP contribution in [0.25, 0.3) is 0 Å². The number of hydrogen-bond acceptors (Lipinski definition) is 3. The number of aryl methyl sites for hydroxylation is 1. The lowest BCUT2D eigenvalue weighted by Crippen LogP contribution is -2.41. The van der Waals surface area contributed by atoms with Crippen molar-refractivity contribution < 1.29 is 13.2 Å². The maximum Gasteiger partial charge on any atom is 0.241 e. The highest BCUT2D eigenvalue weighted by Gasteiger charge is 2.23. The Bertz CT molecular complexity index is 854. The largest absolute Gasteiger partial charge is 0.348 e.